The molecule has 0 radical (unpaired) electrons. The van der Waals surface area contributed by atoms with E-state index in [0.717, 1.165) is 17.6 Å². The van der Waals surface area contributed by atoms with Crippen LogP contribution in [0.5, 0.6) is 0 Å². The Morgan fingerprint density at radius 2 is 1.48 bits per heavy atom. The number of hydrogen-bond acceptors (Lipinski definition) is 6. The Labute approximate surface area is 135 Å². The number of methoxy groups -OCH3 is 2. The zero-order valence-electron chi connectivity index (χ0n) is 13.8. The summed E-state index contributed by atoms with van der Waals surface area (Å²) in [5.74, 6) is -2.87. The summed E-state index contributed by atoms with van der Waals surface area (Å²) in [5.41, 5.74) is 1.92. The van der Waals surface area contributed by atoms with Crippen LogP contribution in [-0.2, 0) is 28.6 Å². The van der Waals surface area contributed by atoms with Crippen molar-refractivity contribution in [3.05, 3.63) is 11.1 Å². The lowest BCUT2D eigenvalue weighted by Crippen LogP contribution is -2.48. The monoisotopic (exact) mass is 322 g/mol. The van der Waals surface area contributed by atoms with E-state index < -0.39 is 36.0 Å². The molecule has 2 aliphatic heterocycles. The molecule has 3 aliphatic rings. The van der Waals surface area contributed by atoms with Crippen LogP contribution >= 0.6 is 0 Å². The first-order chi connectivity index (χ1) is 11.0. The minimum absolute atomic E-state index is 0.0686. The van der Waals surface area contributed by atoms with Gasteiger partial charge in [-0.25, -0.2) is 0 Å². The molecule has 2 saturated heterocycles. The Kier molecular flexibility index (Phi) is 4.04. The highest BCUT2D eigenvalue weighted by Crippen LogP contribution is 2.58. The summed E-state index contributed by atoms with van der Waals surface area (Å²) in [4.78, 5) is 37.2. The maximum absolute atomic E-state index is 12.8. The molecule has 0 saturated carbocycles. The van der Waals surface area contributed by atoms with Crippen LogP contribution in [-0.4, -0.2) is 44.1 Å². The lowest BCUT2D eigenvalue weighted by molar-refractivity contribution is -0.159. The molecular formula is C17H22O6. The van der Waals surface area contributed by atoms with Gasteiger partial charge in [-0.05, 0) is 18.4 Å². The minimum atomic E-state index is -0.767. The van der Waals surface area contributed by atoms with Gasteiger partial charge in [-0.15, -0.1) is 0 Å². The van der Waals surface area contributed by atoms with Crippen LogP contribution in [0.2, 0.25) is 0 Å². The number of carbonyl (C=O) groups is 3. The van der Waals surface area contributed by atoms with Gasteiger partial charge in [0.15, 0.2) is 5.78 Å². The fourth-order valence-electron chi connectivity index (χ4n) is 4.76. The van der Waals surface area contributed by atoms with E-state index in [1.165, 1.54) is 14.2 Å². The lowest BCUT2D eigenvalue weighted by atomic mass is 9.67. The molecule has 0 unspecified atom stereocenters. The predicted molar refractivity (Wildman–Crippen MR) is 79.3 cm³/mol. The van der Waals surface area contributed by atoms with Crippen molar-refractivity contribution in [1.29, 1.82) is 0 Å². The van der Waals surface area contributed by atoms with Gasteiger partial charge in [0, 0.05) is 5.92 Å². The average Bonchev–Trinajstić information content (AvgIpc) is 3.20. The van der Waals surface area contributed by atoms with E-state index in [0.29, 0.717) is 6.42 Å². The van der Waals surface area contributed by atoms with Crippen LogP contribution < -0.4 is 0 Å². The topological polar surface area (TPSA) is 78.9 Å². The number of allylic oxidation sites excluding steroid dienone is 1. The maximum Gasteiger partial charge on any atom is 0.312 e. The van der Waals surface area contributed by atoms with Crippen molar-refractivity contribution < 1.29 is 28.6 Å². The van der Waals surface area contributed by atoms with Gasteiger partial charge in [0.25, 0.3) is 0 Å². The number of ketones is 1. The Balaban J connectivity index is 2.04. The first kappa shape index (κ1) is 16.2. The van der Waals surface area contributed by atoms with Crippen molar-refractivity contribution >= 4 is 17.7 Å². The molecular weight excluding hydrogens is 300 g/mol. The van der Waals surface area contributed by atoms with Crippen LogP contribution in [0.25, 0.3) is 0 Å². The van der Waals surface area contributed by atoms with Crippen molar-refractivity contribution in [1.82, 2.24) is 0 Å². The van der Waals surface area contributed by atoms with Gasteiger partial charge in [0.05, 0.1) is 44.2 Å². The van der Waals surface area contributed by atoms with Crippen molar-refractivity contribution in [2.24, 2.45) is 23.7 Å². The highest BCUT2D eigenvalue weighted by atomic mass is 16.6. The number of Topliss-reactive ketones (excluding diaryl/α,β-unsaturated/α-hetero) is 1. The van der Waals surface area contributed by atoms with Crippen molar-refractivity contribution in [2.45, 2.75) is 38.9 Å². The molecule has 6 heteroatoms. The van der Waals surface area contributed by atoms with E-state index in [9.17, 15) is 14.4 Å². The number of ether oxygens (including phenoxy) is 3. The van der Waals surface area contributed by atoms with Gasteiger partial charge in [-0.1, -0.05) is 19.4 Å². The fraction of sp³-hybridized carbons (Fsp3) is 0.706. The standard InChI is InChI=1S/C17H22O6/c1-5-7-8(6-2)13(18)10-9(7)14-11(16(19)21-3)12(15(10)23-14)17(20)22-4/h9-12,14-15H,5-6H2,1-4H3/t9-,10-,11-,12+,14-,15+/m0/s1. The smallest absolute Gasteiger partial charge is 0.312 e. The highest BCUT2D eigenvalue weighted by molar-refractivity contribution is 6.03. The summed E-state index contributed by atoms with van der Waals surface area (Å²) >= 11 is 0. The minimum Gasteiger partial charge on any atom is -0.469 e. The zero-order valence-corrected chi connectivity index (χ0v) is 13.8. The molecule has 126 valence electrons. The molecule has 23 heavy (non-hydrogen) atoms. The summed E-state index contributed by atoms with van der Waals surface area (Å²) in [6.45, 7) is 3.97. The normalized spacial score (nSPS) is 38.0. The van der Waals surface area contributed by atoms with E-state index in [1.54, 1.807) is 0 Å². The second kappa shape index (κ2) is 5.74. The van der Waals surface area contributed by atoms with Crippen LogP contribution in [0.15, 0.2) is 11.1 Å². The third-order valence-electron chi connectivity index (χ3n) is 5.58. The van der Waals surface area contributed by atoms with E-state index >= 15 is 0 Å². The Morgan fingerprint density at radius 1 is 0.957 bits per heavy atom. The van der Waals surface area contributed by atoms with E-state index in [4.69, 9.17) is 14.2 Å². The van der Waals surface area contributed by atoms with Gasteiger partial charge in [-0.3, -0.25) is 14.4 Å². The predicted octanol–water partition coefficient (Wildman–Crippen LogP) is 1.28. The molecule has 0 amide bonds. The summed E-state index contributed by atoms with van der Waals surface area (Å²) in [6, 6.07) is 0. The van der Waals surface area contributed by atoms with Gasteiger partial charge in [0.2, 0.25) is 0 Å². The zero-order chi connectivity index (χ0) is 16.9. The van der Waals surface area contributed by atoms with Crippen LogP contribution in [0.4, 0.5) is 0 Å². The largest absolute Gasteiger partial charge is 0.469 e. The summed E-state index contributed by atoms with van der Waals surface area (Å²) < 4.78 is 15.7. The molecule has 0 N–H and O–H groups in total. The van der Waals surface area contributed by atoms with E-state index in [1.807, 2.05) is 13.8 Å². The van der Waals surface area contributed by atoms with Crippen LogP contribution in [0.1, 0.15) is 26.7 Å². The number of rotatable bonds is 4. The molecule has 0 aromatic heterocycles. The third kappa shape index (κ3) is 2.00. The Bertz CT molecular complexity index is 592. The summed E-state index contributed by atoms with van der Waals surface area (Å²) in [5, 5.41) is 0. The fourth-order valence-corrected chi connectivity index (χ4v) is 4.76. The van der Waals surface area contributed by atoms with Crippen molar-refractivity contribution in [3.63, 3.8) is 0 Å². The van der Waals surface area contributed by atoms with Gasteiger partial charge < -0.3 is 14.2 Å². The highest BCUT2D eigenvalue weighted by Gasteiger charge is 2.69. The lowest BCUT2D eigenvalue weighted by Gasteiger charge is -2.32. The number of carbonyl (C=O) groups excluding carboxylic acids is 3. The molecule has 6 nitrogen and oxygen atoms in total. The molecule has 3 rings (SSSR count). The first-order valence-corrected chi connectivity index (χ1v) is 8.08. The molecule has 0 aromatic carbocycles. The average molecular weight is 322 g/mol. The third-order valence-corrected chi connectivity index (χ3v) is 5.58. The van der Waals surface area contributed by atoms with Gasteiger partial charge in [0.1, 0.15) is 0 Å². The van der Waals surface area contributed by atoms with Crippen molar-refractivity contribution in [2.75, 3.05) is 14.2 Å². The maximum atomic E-state index is 12.8. The first-order valence-electron chi connectivity index (χ1n) is 8.08. The van der Waals surface area contributed by atoms with E-state index in [-0.39, 0.29) is 17.6 Å². The molecule has 2 bridgehead atoms. The second-order valence-corrected chi connectivity index (χ2v) is 6.29. The second-order valence-electron chi connectivity index (χ2n) is 6.29. The number of hydrogen-bond donors (Lipinski definition) is 0. The Morgan fingerprint density at radius 3 is 1.91 bits per heavy atom. The quantitative estimate of drug-likeness (QED) is 0.726. The van der Waals surface area contributed by atoms with Gasteiger partial charge in [-0.2, -0.15) is 0 Å². The van der Waals surface area contributed by atoms with E-state index in [2.05, 4.69) is 0 Å². The Hall–Kier alpha value is -1.69. The molecule has 2 heterocycles. The van der Waals surface area contributed by atoms with Crippen LogP contribution in [0, 0.1) is 23.7 Å². The van der Waals surface area contributed by atoms with Gasteiger partial charge >= 0.3 is 11.9 Å². The molecule has 0 spiro atoms. The molecule has 6 atom stereocenters. The molecule has 0 aromatic rings. The number of fused-ring (bicyclic) bond motifs is 5. The summed E-state index contributed by atoms with van der Waals surface area (Å²) in [6.07, 6.45) is 0.337. The number of esters is 2. The van der Waals surface area contributed by atoms with Crippen LogP contribution in [0.3, 0.4) is 0 Å². The van der Waals surface area contributed by atoms with Crippen molar-refractivity contribution in [3.8, 4) is 0 Å². The molecule has 1 aliphatic carbocycles. The SMILES string of the molecule is CCC1=C(CC)[C@@H]2[C@@H]3O[C@@H]([C@H](C(=O)OC)[C@@H]3C(=O)OC)[C@@H]2C1=O. The molecule has 2 fully saturated rings. The summed E-state index contributed by atoms with van der Waals surface area (Å²) in [7, 11) is 2.58.